The Kier molecular flexibility index (Phi) is 6.80. The van der Waals surface area contributed by atoms with E-state index >= 15 is 0 Å². The molecule has 0 fully saturated rings. The van der Waals surface area contributed by atoms with Crippen LogP contribution in [0.1, 0.15) is 12.3 Å². The number of esters is 1. The van der Waals surface area contributed by atoms with Crippen LogP contribution in [0.2, 0.25) is 5.02 Å². The summed E-state index contributed by atoms with van der Waals surface area (Å²) in [5, 5.41) is 7.11. The molecule has 1 amide bonds. The van der Waals surface area contributed by atoms with Gasteiger partial charge in [0.05, 0.1) is 19.2 Å². The summed E-state index contributed by atoms with van der Waals surface area (Å²) < 4.78 is 15.3. The Morgan fingerprint density at radius 2 is 1.90 bits per heavy atom. The van der Waals surface area contributed by atoms with E-state index in [2.05, 4.69) is 15.5 Å². The maximum Gasteiger partial charge on any atom is 0.306 e. The first-order valence-electron chi connectivity index (χ1n) is 8.72. The number of halogens is 1. The van der Waals surface area contributed by atoms with Gasteiger partial charge in [-0.15, -0.1) is 0 Å². The maximum absolute atomic E-state index is 11.9. The van der Waals surface area contributed by atoms with Gasteiger partial charge in [0.25, 0.3) is 5.91 Å². The van der Waals surface area contributed by atoms with Crippen LogP contribution in [-0.2, 0) is 20.7 Å². The molecule has 0 unspecified atom stereocenters. The quantitative estimate of drug-likeness (QED) is 0.561. The minimum absolute atomic E-state index is 0.00416. The third kappa shape index (κ3) is 5.79. The van der Waals surface area contributed by atoms with E-state index in [4.69, 9.17) is 25.6 Å². The first-order valence-corrected chi connectivity index (χ1v) is 9.10. The Balaban J connectivity index is 1.44. The van der Waals surface area contributed by atoms with Gasteiger partial charge in [0.1, 0.15) is 5.75 Å². The molecule has 8 nitrogen and oxygen atoms in total. The number of hydrogen-bond acceptors (Lipinski definition) is 7. The summed E-state index contributed by atoms with van der Waals surface area (Å²) in [5.74, 6) is 0.198. The molecule has 1 N–H and O–H groups in total. The van der Waals surface area contributed by atoms with Crippen LogP contribution in [0, 0.1) is 0 Å². The van der Waals surface area contributed by atoms with Crippen molar-refractivity contribution in [2.45, 2.75) is 12.8 Å². The molecule has 2 aromatic carbocycles. The van der Waals surface area contributed by atoms with Crippen LogP contribution >= 0.6 is 11.6 Å². The number of aromatic nitrogens is 2. The predicted octanol–water partition coefficient (Wildman–Crippen LogP) is 3.51. The van der Waals surface area contributed by atoms with Gasteiger partial charge < -0.3 is 19.3 Å². The van der Waals surface area contributed by atoms with E-state index in [-0.39, 0.29) is 12.8 Å². The number of anilines is 1. The van der Waals surface area contributed by atoms with Crippen molar-refractivity contribution in [1.82, 2.24) is 10.1 Å². The van der Waals surface area contributed by atoms with Crippen molar-refractivity contribution in [2.75, 3.05) is 19.0 Å². The van der Waals surface area contributed by atoms with Crippen LogP contribution in [0.25, 0.3) is 11.4 Å². The van der Waals surface area contributed by atoms with Crippen molar-refractivity contribution >= 4 is 29.2 Å². The van der Waals surface area contributed by atoms with E-state index in [9.17, 15) is 9.59 Å². The highest BCUT2D eigenvalue weighted by molar-refractivity contribution is 6.30. The summed E-state index contributed by atoms with van der Waals surface area (Å²) in [5.41, 5.74) is 1.25. The topological polar surface area (TPSA) is 104 Å². The SMILES string of the molecule is COc1ccccc1NC(=O)COC(=O)CCc1nc(-c2ccc(Cl)cc2)no1. The molecule has 150 valence electrons. The second-order valence-electron chi connectivity index (χ2n) is 5.93. The largest absolute Gasteiger partial charge is 0.495 e. The van der Waals surface area contributed by atoms with Gasteiger partial charge in [0.15, 0.2) is 6.61 Å². The van der Waals surface area contributed by atoms with Gasteiger partial charge in [-0.2, -0.15) is 4.98 Å². The Bertz CT molecular complexity index is 988. The second kappa shape index (κ2) is 9.70. The highest BCUT2D eigenvalue weighted by atomic mass is 35.5. The predicted molar refractivity (Wildman–Crippen MR) is 106 cm³/mol. The van der Waals surface area contributed by atoms with E-state index in [1.54, 1.807) is 48.5 Å². The van der Waals surface area contributed by atoms with Gasteiger partial charge in [0.2, 0.25) is 11.7 Å². The molecule has 1 heterocycles. The monoisotopic (exact) mass is 415 g/mol. The van der Waals surface area contributed by atoms with Crippen molar-refractivity contribution in [3.05, 3.63) is 59.4 Å². The van der Waals surface area contributed by atoms with E-state index in [0.29, 0.717) is 28.2 Å². The van der Waals surface area contributed by atoms with Crippen LogP contribution in [-0.4, -0.2) is 35.7 Å². The summed E-state index contributed by atoms with van der Waals surface area (Å²) in [4.78, 5) is 28.1. The lowest BCUT2D eigenvalue weighted by atomic mass is 10.2. The molecule has 3 aromatic rings. The van der Waals surface area contributed by atoms with Crippen LogP contribution in [0.4, 0.5) is 5.69 Å². The van der Waals surface area contributed by atoms with Gasteiger partial charge in [-0.05, 0) is 36.4 Å². The van der Waals surface area contributed by atoms with Crippen LogP contribution in [0.5, 0.6) is 5.75 Å². The molecule has 0 aliphatic rings. The lowest BCUT2D eigenvalue weighted by molar-refractivity contribution is -0.147. The summed E-state index contributed by atoms with van der Waals surface area (Å²) in [7, 11) is 1.50. The van der Waals surface area contributed by atoms with Crippen molar-refractivity contribution in [3.8, 4) is 17.1 Å². The average molecular weight is 416 g/mol. The maximum atomic E-state index is 11.9. The second-order valence-corrected chi connectivity index (χ2v) is 6.36. The number of carbonyl (C=O) groups excluding carboxylic acids is 2. The summed E-state index contributed by atoms with van der Waals surface area (Å²) in [6, 6.07) is 13.9. The molecular weight excluding hydrogens is 398 g/mol. The van der Waals surface area contributed by atoms with Crippen molar-refractivity contribution in [1.29, 1.82) is 0 Å². The van der Waals surface area contributed by atoms with Crippen LogP contribution in [0.15, 0.2) is 53.1 Å². The van der Waals surface area contributed by atoms with E-state index in [0.717, 1.165) is 5.56 Å². The summed E-state index contributed by atoms with van der Waals surface area (Å²) >= 11 is 5.85. The molecule has 0 aliphatic heterocycles. The van der Waals surface area contributed by atoms with E-state index in [1.807, 2.05) is 0 Å². The summed E-state index contributed by atoms with van der Waals surface area (Å²) in [6.07, 6.45) is 0.206. The molecule has 0 saturated carbocycles. The number of aryl methyl sites for hydroxylation is 1. The molecule has 0 atom stereocenters. The Hall–Kier alpha value is -3.39. The van der Waals surface area contributed by atoms with Crippen molar-refractivity contribution in [2.24, 2.45) is 0 Å². The minimum atomic E-state index is -0.550. The Morgan fingerprint density at radius 3 is 2.66 bits per heavy atom. The Morgan fingerprint density at radius 1 is 1.14 bits per heavy atom. The third-order valence-electron chi connectivity index (χ3n) is 3.86. The normalized spacial score (nSPS) is 10.4. The number of benzene rings is 2. The highest BCUT2D eigenvalue weighted by Gasteiger charge is 2.13. The van der Waals surface area contributed by atoms with Crippen molar-refractivity contribution < 1.29 is 23.6 Å². The molecule has 3 rings (SSSR count). The zero-order valence-electron chi connectivity index (χ0n) is 15.6. The van der Waals surface area contributed by atoms with Gasteiger partial charge in [0, 0.05) is 17.0 Å². The van der Waals surface area contributed by atoms with Gasteiger partial charge in [-0.25, -0.2) is 0 Å². The molecule has 1 aromatic heterocycles. The van der Waals surface area contributed by atoms with Gasteiger partial charge in [-0.3, -0.25) is 9.59 Å². The van der Waals surface area contributed by atoms with Crippen LogP contribution < -0.4 is 10.1 Å². The third-order valence-corrected chi connectivity index (χ3v) is 4.11. The highest BCUT2D eigenvalue weighted by Crippen LogP contribution is 2.23. The minimum Gasteiger partial charge on any atom is -0.495 e. The lowest BCUT2D eigenvalue weighted by Crippen LogP contribution is -2.21. The van der Waals surface area contributed by atoms with Gasteiger partial charge >= 0.3 is 5.97 Å². The molecule has 0 bridgehead atoms. The summed E-state index contributed by atoms with van der Waals surface area (Å²) in [6.45, 7) is -0.406. The molecule has 0 spiro atoms. The number of ether oxygens (including phenoxy) is 2. The first-order chi connectivity index (χ1) is 14.0. The molecule has 0 saturated heterocycles. The zero-order valence-corrected chi connectivity index (χ0v) is 16.3. The fourth-order valence-electron chi connectivity index (χ4n) is 2.43. The molecular formula is C20H18ClN3O5. The molecule has 0 aliphatic carbocycles. The van der Waals surface area contributed by atoms with Gasteiger partial charge in [-0.1, -0.05) is 28.9 Å². The molecule has 9 heteroatoms. The van der Waals surface area contributed by atoms with E-state index in [1.165, 1.54) is 7.11 Å². The first kappa shape index (κ1) is 20.3. The number of rotatable bonds is 8. The molecule has 29 heavy (non-hydrogen) atoms. The van der Waals surface area contributed by atoms with Crippen molar-refractivity contribution in [3.63, 3.8) is 0 Å². The fourth-order valence-corrected chi connectivity index (χ4v) is 2.56. The molecule has 0 radical (unpaired) electrons. The standard InChI is InChI=1S/C20H18ClN3O5/c1-27-16-5-3-2-4-15(16)22-17(25)12-28-19(26)11-10-18-23-20(24-29-18)13-6-8-14(21)9-7-13/h2-9H,10-12H2,1H3,(H,22,25). The van der Waals surface area contributed by atoms with Crippen LogP contribution in [0.3, 0.4) is 0 Å². The average Bonchev–Trinajstić information content (AvgIpc) is 3.21. The lowest BCUT2D eigenvalue weighted by Gasteiger charge is -2.09. The number of para-hydroxylation sites is 2. The number of methoxy groups -OCH3 is 1. The number of hydrogen-bond donors (Lipinski definition) is 1. The number of nitrogens with zero attached hydrogens (tertiary/aromatic N) is 2. The smallest absolute Gasteiger partial charge is 0.306 e. The Labute approximate surface area is 171 Å². The number of nitrogens with one attached hydrogen (secondary N) is 1. The van der Waals surface area contributed by atoms with E-state index < -0.39 is 18.5 Å². The zero-order chi connectivity index (χ0) is 20.6. The number of carbonyl (C=O) groups is 2. The number of amides is 1. The fraction of sp³-hybridized carbons (Fsp3) is 0.200.